The van der Waals surface area contributed by atoms with Crippen LogP contribution in [0.25, 0.3) is 0 Å². The molecule has 2 unspecified atom stereocenters. The van der Waals surface area contributed by atoms with Gasteiger partial charge in [0.2, 0.25) is 0 Å². The molecule has 1 aliphatic carbocycles. The van der Waals surface area contributed by atoms with Crippen LogP contribution in [0.5, 0.6) is 0 Å². The van der Waals surface area contributed by atoms with Gasteiger partial charge in [0.25, 0.3) is 0 Å². The lowest BCUT2D eigenvalue weighted by Gasteiger charge is -2.34. The summed E-state index contributed by atoms with van der Waals surface area (Å²) in [6, 6.07) is 0. The van der Waals surface area contributed by atoms with Gasteiger partial charge >= 0.3 is 0 Å². The van der Waals surface area contributed by atoms with Crippen molar-refractivity contribution < 1.29 is 4.74 Å². The van der Waals surface area contributed by atoms with E-state index in [1.54, 1.807) is 0 Å². The average Bonchev–Trinajstić information content (AvgIpc) is 2.72. The fourth-order valence-corrected chi connectivity index (χ4v) is 3.58. The maximum Gasteiger partial charge on any atom is 0.0947 e. The Labute approximate surface area is 117 Å². The molecule has 0 bridgehead atoms. The van der Waals surface area contributed by atoms with Crippen molar-refractivity contribution in [1.29, 1.82) is 5.41 Å². The molecule has 0 aromatic carbocycles. The van der Waals surface area contributed by atoms with E-state index in [9.17, 15) is 0 Å². The summed E-state index contributed by atoms with van der Waals surface area (Å²) in [6.07, 6.45) is 9.39. The molecule has 1 spiro atoms. The number of hydrogen-bond acceptors (Lipinski definition) is 3. The van der Waals surface area contributed by atoms with Gasteiger partial charge in [-0.25, -0.2) is 0 Å². The monoisotopic (exact) mass is 267 g/mol. The molecular formula is C15H29N3O. The van der Waals surface area contributed by atoms with Crippen molar-refractivity contribution in [3.05, 3.63) is 0 Å². The smallest absolute Gasteiger partial charge is 0.0947 e. The second-order valence-electron chi connectivity index (χ2n) is 6.60. The minimum absolute atomic E-state index is 0.134. The molecule has 2 atom stereocenters. The van der Waals surface area contributed by atoms with Crippen LogP contribution in [-0.4, -0.2) is 42.6 Å². The molecule has 1 saturated heterocycles. The van der Waals surface area contributed by atoms with Gasteiger partial charge in [-0.2, -0.15) is 0 Å². The van der Waals surface area contributed by atoms with E-state index in [1.807, 2.05) is 6.92 Å². The summed E-state index contributed by atoms with van der Waals surface area (Å²) in [5.74, 6) is 0.415. The summed E-state index contributed by atoms with van der Waals surface area (Å²) < 4.78 is 6.38. The molecule has 0 aromatic heterocycles. The molecule has 4 heteroatoms. The van der Waals surface area contributed by atoms with E-state index in [4.69, 9.17) is 15.9 Å². The van der Waals surface area contributed by atoms with Gasteiger partial charge < -0.3 is 15.4 Å². The highest BCUT2D eigenvalue weighted by atomic mass is 16.5. The van der Waals surface area contributed by atoms with Crippen LogP contribution in [0.4, 0.5) is 0 Å². The van der Waals surface area contributed by atoms with Crippen molar-refractivity contribution in [2.75, 3.05) is 20.1 Å². The molecule has 110 valence electrons. The SMILES string of the molecule is CC(CN(C)CC1CCC2(CCCCC2)O1)C(=N)N. The predicted octanol–water partition coefficient (Wildman–Crippen LogP) is 2.37. The summed E-state index contributed by atoms with van der Waals surface area (Å²) in [5, 5.41) is 7.45. The Bertz CT molecular complexity index is 313. The molecule has 19 heavy (non-hydrogen) atoms. The fraction of sp³-hybridized carbons (Fsp3) is 0.933. The predicted molar refractivity (Wildman–Crippen MR) is 78.5 cm³/mol. The van der Waals surface area contributed by atoms with Crippen LogP contribution >= 0.6 is 0 Å². The van der Waals surface area contributed by atoms with Crippen LogP contribution in [0.3, 0.4) is 0 Å². The first-order chi connectivity index (χ1) is 9.01. The van der Waals surface area contributed by atoms with Crippen LogP contribution in [0, 0.1) is 11.3 Å². The number of amidine groups is 1. The molecule has 1 heterocycles. The fourth-order valence-electron chi connectivity index (χ4n) is 3.58. The van der Waals surface area contributed by atoms with Gasteiger partial charge in [-0.05, 0) is 32.7 Å². The molecular weight excluding hydrogens is 238 g/mol. The van der Waals surface area contributed by atoms with Crippen molar-refractivity contribution in [2.45, 2.75) is 63.6 Å². The maximum absolute atomic E-state index is 7.45. The van der Waals surface area contributed by atoms with Crippen LogP contribution in [0.15, 0.2) is 0 Å². The van der Waals surface area contributed by atoms with Crippen molar-refractivity contribution >= 4 is 5.84 Å². The third kappa shape index (κ3) is 3.93. The highest BCUT2D eigenvalue weighted by Crippen LogP contribution is 2.41. The maximum atomic E-state index is 7.45. The van der Waals surface area contributed by atoms with Crippen LogP contribution in [0.2, 0.25) is 0 Å². The van der Waals surface area contributed by atoms with Gasteiger partial charge in [-0.3, -0.25) is 5.41 Å². The molecule has 0 amide bonds. The van der Waals surface area contributed by atoms with Gasteiger partial charge in [0, 0.05) is 19.0 Å². The van der Waals surface area contributed by atoms with Gasteiger partial charge in [-0.1, -0.05) is 26.2 Å². The molecule has 4 nitrogen and oxygen atoms in total. The number of hydrogen-bond donors (Lipinski definition) is 2. The molecule has 0 radical (unpaired) electrons. The van der Waals surface area contributed by atoms with E-state index in [0.29, 0.717) is 6.10 Å². The zero-order valence-corrected chi connectivity index (χ0v) is 12.5. The van der Waals surface area contributed by atoms with Crippen molar-refractivity contribution in [2.24, 2.45) is 11.7 Å². The topological polar surface area (TPSA) is 62.3 Å². The molecule has 0 aromatic rings. The van der Waals surface area contributed by atoms with Crippen LogP contribution in [-0.2, 0) is 4.74 Å². The number of likely N-dealkylation sites (N-methyl/N-ethyl adjacent to an activating group) is 1. The highest BCUT2D eigenvalue weighted by Gasteiger charge is 2.40. The second-order valence-corrected chi connectivity index (χ2v) is 6.60. The number of nitrogens with one attached hydrogen (secondary N) is 1. The molecule has 2 rings (SSSR count). The van der Waals surface area contributed by atoms with E-state index in [2.05, 4.69) is 11.9 Å². The molecule has 1 saturated carbocycles. The summed E-state index contributed by atoms with van der Waals surface area (Å²) in [7, 11) is 2.11. The summed E-state index contributed by atoms with van der Waals surface area (Å²) in [4.78, 5) is 2.26. The van der Waals surface area contributed by atoms with E-state index in [1.165, 1.54) is 44.9 Å². The third-order valence-corrected chi connectivity index (χ3v) is 4.74. The molecule has 3 N–H and O–H groups in total. The highest BCUT2D eigenvalue weighted by molar-refractivity contribution is 5.79. The van der Waals surface area contributed by atoms with E-state index < -0.39 is 0 Å². The first-order valence-corrected chi connectivity index (χ1v) is 7.71. The van der Waals surface area contributed by atoms with Crippen molar-refractivity contribution in [3.8, 4) is 0 Å². The molecule has 2 fully saturated rings. The normalized spacial score (nSPS) is 27.8. The van der Waals surface area contributed by atoms with Gasteiger partial charge in [-0.15, -0.1) is 0 Å². The Balaban J connectivity index is 1.76. The zero-order valence-electron chi connectivity index (χ0n) is 12.5. The first-order valence-electron chi connectivity index (χ1n) is 7.71. The van der Waals surface area contributed by atoms with E-state index in [-0.39, 0.29) is 17.4 Å². The van der Waals surface area contributed by atoms with E-state index in [0.717, 1.165) is 13.1 Å². The lowest BCUT2D eigenvalue weighted by Crippen LogP contribution is -2.38. The lowest BCUT2D eigenvalue weighted by molar-refractivity contribution is -0.0704. The molecule has 1 aliphatic heterocycles. The Morgan fingerprint density at radius 3 is 2.68 bits per heavy atom. The average molecular weight is 267 g/mol. The number of rotatable bonds is 5. The lowest BCUT2D eigenvalue weighted by atomic mass is 9.83. The Morgan fingerprint density at radius 2 is 2.05 bits per heavy atom. The van der Waals surface area contributed by atoms with Gasteiger partial charge in [0.05, 0.1) is 17.5 Å². The Morgan fingerprint density at radius 1 is 1.37 bits per heavy atom. The second kappa shape index (κ2) is 6.23. The first kappa shape index (κ1) is 14.8. The summed E-state index contributed by atoms with van der Waals surface area (Å²) in [5.41, 5.74) is 5.75. The quantitative estimate of drug-likeness (QED) is 0.594. The van der Waals surface area contributed by atoms with Crippen LogP contribution in [0.1, 0.15) is 51.9 Å². The Hall–Kier alpha value is -0.610. The number of nitrogens with two attached hydrogens (primary N) is 1. The summed E-state index contributed by atoms with van der Waals surface area (Å²) in [6.45, 7) is 3.83. The minimum atomic E-state index is 0.134. The van der Waals surface area contributed by atoms with E-state index >= 15 is 0 Å². The molecule has 2 aliphatic rings. The van der Waals surface area contributed by atoms with Crippen molar-refractivity contribution in [1.82, 2.24) is 4.90 Å². The number of nitrogens with zero attached hydrogens (tertiary/aromatic N) is 1. The Kier molecular flexibility index (Phi) is 4.85. The van der Waals surface area contributed by atoms with Gasteiger partial charge in [0.15, 0.2) is 0 Å². The standard InChI is InChI=1S/C15H29N3O/c1-12(14(16)17)10-18(2)11-13-6-9-15(19-13)7-4-3-5-8-15/h12-13H,3-11H2,1-2H3,(H3,16,17). The zero-order chi connectivity index (χ0) is 13.9. The third-order valence-electron chi connectivity index (χ3n) is 4.74. The summed E-state index contributed by atoms with van der Waals surface area (Å²) >= 11 is 0. The van der Waals surface area contributed by atoms with Gasteiger partial charge in [0.1, 0.15) is 0 Å². The van der Waals surface area contributed by atoms with Crippen molar-refractivity contribution in [3.63, 3.8) is 0 Å². The minimum Gasteiger partial charge on any atom is -0.387 e. The van der Waals surface area contributed by atoms with Crippen LogP contribution < -0.4 is 5.73 Å². The largest absolute Gasteiger partial charge is 0.387 e. The number of ether oxygens (including phenoxy) is 1.